The van der Waals surface area contributed by atoms with E-state index in [1.165, 1.54) is 56.1 Å². The Kier molecular flexibility index (Phi) is 10.7. The van der Waals surface area contributed by atoms with Crippen LogP contribution in [0.4, 0.5) is 4.79 Å². The normalized spacial score (nSPS) is 38.1. The molecule has 1 aromatic rings. The number of carboxylic acids is 1. The van der Waals surface area contributed by atoms with Crippen molar-refractivity contribution in [1.29, 1.82) is 0 Å². The molecule has 1 aromatic carbocycles. The maximum atomic E-state index is 13.6. The van der Waals surface area contributed by atoms with Gasteiger partial charge in [0.15, 0.2) is 0 Å². The van der Waals surface area contributed by atoms with Crippen LogP contribution in [0, 0.1) is 45.3 Å². The molecule has 7 rings (SSSR count). The number of fused-ring (bicyclic) bond motifs is 7. The number of hydrogen-bond donors (Lipinski definition) is 3. The van der Waals surface area contributed by atoms with Gasteiger partial charge < -0.3 is 20.5 Å². The highest BCUT2D eigenvalue weighted by Gasteiger charge is 2.69. The minimum Gasteiger partial charge on any atom is -0.478 e. The number of ether oxygens (including phenoxy) is 1. The van der Waals surface area contributed by atoms with E-state index in [2.05, 4.69) is 76.7 Å². The predicted molar refractivity (Wildman–Crippen MR) is 211 cm³/mol. The summed E-state index contributed by atoms with van der Waals surface area (Å²) in [5.74, 6) is 1.57. The zero-order valence-corrected chi connectivity index (χ0v) is 33.7. The van der Waals surface area contributed by atoms with Crippen LogP contribution in [0.3, 0.4) is 0 Å². The first kappa shape index (κ1) is 39.1. The fourth-order valence-electron chi connectivity index (χ4n) is 13.5. The Balaban J connectivity index is 0.00000150. The van der Waals surface area contributed by atoms with Crippen molar-refractivity contribution in [2.45, 2.75) is 131 Å². The van der Waals surface area contributed by atoms with Gasteiger partial charge in [-0.05, 0) is 147 Å². The summed E-state index contributed by atoms with van der Waals surface area (Å²) >= 11 is 0. The molecule has 52 heavy (non-hydrogen) atoms. The molecule has 7 nitrogen and oxygen atoms in total. The zero-order chi connectivity index (χ0) is 37.7. The second kappa shape index (κ2) is 14.2. The number of carbonyl (C=O) groups is 2. The SMILES string of the molecule is C=CC.CC1(C)C(c2ccc(C(=O)O)cc2)=CCC2(C)C1CCC1(C)C2CCC2C3CCCC3(NC(=O)NCC(C)(C)N3CCOCC3)CC[C@]21C. The third-order valence-corrected chi connectivity index (χ3v) is 16.3. The predicted octanol–water partition coefficient (Wildman–Crippen LogP) is 9.59. The van der Waals surface area contributed by atoms with Crippen LogP contribution in [-0.2, 0) is 4.74 Å². The van der Waals surface area contributed by atoms with Gasteiger partial charge in [0, 0.05) is 30.7 Å². The van der Waals surface area contributed by atoms with Gasteiger partial charge in [-0.3, -0.25) is 4.90 Å². The number of rotatable bonds is 6. The first-order valence-electron chi connectivity index (χ1n) is 20.5. The minimum atomic E-state index is -0.869. The molecule has 1 heterocycles. The molecule has 7 unspecified atom stereocenters. The number of carboxylic acid groups (broad SMARTS) is 1. The Morgan fingerprint density at radius 3 is 2.25 bits per heavy atom. The van der Waals surface area contributed by atoms with Gasteiger partial charge in [0.05, 0.1) is 18.8 Å². The molecule has 3 N–H and O–H groups in total. The van der Waals surface area contributed by atoms with Crippen LogP contribution < -0.4 is 10.6 Å². The van der Waals surface area contributed by atoms with E-state index in [1.54, 1.807) is 18.2 Å². The third kappa shape index (κ3) is 6.37. The lowest BCUT2D eigenvalue weighted by molar-refractivity contribution is -0.216. The van der Waals surface area contributed by atoms with Crippen molar-refractivity contribution in [2.75, 3.05) is 32.8 Å². The smallest absolute Gasteiger partial charge is 0.335 e. The van der Waals surface area contributed by atoms with Crippen LogP contribution in [0.25, 0.3) is 5.57 Å². The Morgan fingerprint density at radius 1 is 0.923 bits per heavy atom. The van der Waals surface area contributed by atoms with Crippen molar-refractivity contribution >= 4 is 17.6 Å². The average molecular weight is 716 g/mol. The van der Waals surface area contributed by atoms with Gasteiger partial charge in [0.2, 0.25) is 0 Å². The summed E-state index contributed by atoms with van der Waals surface area (Å²) in [5, 5.41) is 16.4. The van der Waals surface area contributed by atoms with Crippen molar-refractivity contribution in [2.24, 2.45) is 45.3 Å². The number of allylic oxidation sites excluding steroid dienone is 3. The maximum absolute atomic E-state index is 13.6. The summed E-state index contributed by atoms with van der Waals surface area (Å²) in [7, 11) is 0. The van der Waals surface area contributed by atoms with E-state index < -0.39 is 5.97 Å². The number of aromatic carboxylic acids is 1. The third-order valence-electron chi connectivity index (χ3n) is 16.3. The molecule has 6 aliphatic rings. The average Bonchev–Trinajstić information content (AvgIpc) is 3.52. The molecule has 4 saturated carbocycles. The number of nitrogens with one attached hydrogen (secondary N) is 2. The lowest BCUT2D eigenvalue weighted by Crippen LogP contribution is -2.68. The summed E-state index contributed by atoms with van der Waals surface area (Å²) in [6.45, 7) is 26.6. The van der Waals surface area contributed by atoms with Gasteiger partial charge in [-0.25, -0.2) is 9.59 Å². The number of urea groups is 1. The van der Waals surface area contributed by atoms with Gasteiger partial charge in [-0.1, -0.05) is 65.3 Å². The first-order chi connectivity index (χ1) is 24.5. The second-order valence-corrected chi connectivity index (χ2v) is 19.4. The Bertz CT molecular complexity index is 1530. The topological polar surface area (TPSA) is 90.9 Å². The lowest BCUT2D eigenvalue weighted by Gasteiger charge is -2.72. The molecule has 8 atom stereocenters. The summed E-state index contributed by atoms with van der Waals surface area (Å²) in [6, 6.07) is 7.59. The quantitative estimate of drug-likeness (QED) is 0.255. The summed E-state index contributed by atoms with van der Waals surface area (Å²) in [4.78, 5) is 27.6. The molecular formula is C45H69N3O4. The summed E-state index contributed by atoms with van der Waals surface area (Å²) < 4.78 is 5.57. The van der Waals surface area contributed by atoms with Gasteiger partial charge in [0.1, 0.15) is 0 Å². The van der Waals surface area contributed by atoms with E-state index in [1.807, 2.05) is 19.1 Å². The number of hydrogen-bond acceptors (Lipinski definition) is 4. The van der Waals surface area contributed by atoms with Crippen molar-refractivity contribution in [3.8, 4) is 0 Å². The van der Waals surface area contributed by atoms with E-state index in [-0.39, 0.29) is 38.8 Å². The van der Waals surface area contributed by atoms with Crippen LogP contribution in [0.2, 0.25) is 0 Å². The van der Waals surface area contributed by atoms with Crippen LogP contribution >= 0.6 is 0 Å². The molecule has 5 fully saturated rings. The molecule has 7 heteroatoms. The number of morpholine rings is 1. The molecule has 288 valence electrons. The molecule has 0 spiro atoms. The highest BCUT2D eigenvalue weighted by molar-refractivity contribution is 5.88. The van der Waals surface area contributed by atoms with Gasteiger partial charge in [-0.2, -0.15) is 0 Å². The van der Waals surface area contributed by atoms with E-state index in [0.29, 0.717) is 35.8 Å². The number of amides is 2. The Labute approximate surface area is 314 Å². The van der Waals surface area contributed by atoms with E-state index in [4.69, 9.17) is 4.74 Å². The zero-order valence-electron chi connectivity index (χ0n) is 33.7. The molecular weight excluding hydrogens is 647 g/mol. The molecule has 0 bridgehead atoms. The number of nitrogens with zero attached hydrogens (tertiary/aromatic N) is 1. The second-order valence-electron chi connectivity index (χ2n) is 19.4. The first-order valence-corrected chi connectivity index (χ1v) is 20.5. The largest absolute Gasteiger partial charge is 0.478 e. The molecule has 0 radical (unpaired) electrons. The molecule has 1 saturated heterocycles. The van der Waals surface area contributed by atoms with E-state index in [9.17, 15) is 14.7 Å². The standard InChI is InChI=1S/C42H63N3O4.C3H6/c1-37(2,45-23-25-49-26-24-45)27-43-36(48)44-42-18-8-9-32(42)31-14-15-34-39(5)19-16-30(28-10-12-29(13-11-28)35(46)47)38(3,4)33(39)17-20-41(34,7)40(31,6)21-22-42;1-3-2/h10-13,16,31-34H,8-9,14-15,17-27H2,1-7H3,(H,46,47)(H2,43,44,48);3H,1H2,2H3/t31?,32?,33?,34?,39?,40-,41?,42?;/m1./s1. The molecule has 2 amide bonds. The monoisotopic (exact) mass is 716 g/mol. The van der Waals surface area contributed by atoms with Crippen molar-refractivity contribution < 1.29 is 19.4 Å². The fraction of sp³-hybridized carbons (Fsp3) is 0.733. The van der Waals surface area contributed by atoms with Crippen LogP contribution in [0.15, 0.2) is 43.0 Å². The van der Waals surface area contributed by atoms with Crippen LogP contribution in [0.1, 0.15) is 136 Å². The number of carbonyl (C=O) groups excluding carboxylic acids is 1. The van der Waals surface area contributed by atoms with E-state index in [0.717, 1.165) is 45.6 Å². The van der Waals surface area contributed by atoms with Crippen molar-refractivity contribution in [3.05, 3.63) is 54.1 Å². The fourth-order valence-corrected chi connectivity index (χ4v) is 13.5. The van der Waals surface area contributed by atoms with Crippen molar-refractivity contribution in [1.82, 2.24) is 15.5 Å². The maximum Gasteiger partial charge on any atom is 0.335 e. The highest BCUT2D eigenvalue weighted by Crippen LogP contribution is 2.76. The van der Waals surface area contributed by atoms with Crippen LogP contribution in [-0.4, -0.2) is 65.9 Å². The van der Waals surface area contributed by atoms with Crippen molar-refractivity contribution in [3.63, 3.8) is 0 Å². The van der Waals surface area contributed by atoms with Gasteiger partial charge in [0.25, 0.3) is 0 Å². The molecule has 1 aliphatic heterocycles. The minimum absolute atomic E-state index is 0.0115. The highest BCUT2D eigenvalue weighted by atomic mass is 16.5. The number of benzene rings is 1. The van der Waals surface area contributed by atoms with Gasteiger partial charge >= 0.3 is 12.0 Å². The Morgan fingerprint density at radius 2 is 1.60 bits per heavy atom. The van der Waals surface area contributed by atoms with E-state index >= 15 is 0 Å². The van der Waals surface area contributed by atoms with Gasteiger partial charge in [-0.15, -0.1) is 6.58 Å². The lowest BCUT2D eigenvalue weighted by atomic mass is 9.33. The summed E-state index contributed by atoms with van der Waals surface area (Å²) in [6.07, 6.45) is 16.3. The molecule has 5 aliphatic carbocycles. The summed E-state index contributed by atoms with van der Waals surface area (Å²) in [5.41, 5.74) is 3.50. The Hall–Kier alpha value is -2.64. The van der Waals surface area contributed by atoms with Crippen LogP contribution in [0.5, 0.6) is 0 Å². The molecule has 0 aromatic heterocycles.